The summed E-state index contributed by atoms with van der Waals surface area (Å²) in [6, 6.07) is 43.7. The largest absolute Gasteiger partial charge is 0.264 e. The van der Waals surface area contributed by atoms with Crippen molar-refractivity contribution in [3.63, 3.8) is 0 Å². The molecule has 7 aromatic rings. The van der Waals surface area contributed by atoms with E-state index >= 15 is 0 Å². The van der Waals surface area contributed by atoms with Crippen LogP contribution in [0, 0.1) is 13.8 Å². The fourth-order valence-corrected chi connectivity index (χ4v) is 5.80. The summed E-state index contributed by atoms with van der Waals surface area (Å²) < 4.78 is 0. The Morgan fingerprint density at radius 1 is 0.425 bits per heavy atom. The number of hydrogen-bond acceptors (Lipinski definition) is 2. The molecule has 0 atom stereocenters. The highest BCUT2D eigenvalue weighted by atomic mass is 14.7. The lowest BCUT2D eigenvalue weighted by atomic mass is 9.85. The van der Waals surface area contributed by atoms with Crippen LogP contribution in [0.1, 0.15) is 11.3 Å². The van der Waals surface area contributed by atoms with Gasteiger partial charge in [-0.05, 0) is 87.0 Å². The summed E-state index contributed by atoms with van der Waals surface area (Å²) in [6.07, 6.45) is 3.83. The van der Waals surface area contributed by atoms with Crippen molar-refractivity contribution in [2.75, 3.05) is 0 Å². The SMILES string of the molecule is Cc1cncc(-c2ccc(-c3c4ccccc4c(-c4ccc(-c5cccc(C)n5)cc4)c4ccccc34)cc2)c1. The minimum Gasteiger partial charge on any atom is -0.264 e. The molecule has 0 saturated carbocycles. The van der Waals surface area contributed by atoms with Gasteiger partial charge in [-0.25, -0.2) is 0 Å². The molecule has 5 aromatic carbocycles. The molecule has 2 heterocycles. The number of benzene rings is 5. The highest BCUT2D eigenvalue weighted by molar-refractivity contribution is 6.21. The van der Waals surface area contributed by atoms with Crippen LogP contribution in [0.2, 0.25) is 0 Å². The van der Waals surface area contributed by atoms with Gasteiger partial charge in [0.15, 0.2) is 0 Å². The molecule has 0 unspecified atom stereocenters. The maximum atomic E-state index is 4.72. The van der Waals surface area contributed by atoms with Crippen molar-refractivity contribution >= 4 is 21.5 Å². The molecule has 190 valence electrons. The van der Waals surface area contributed by atoms with E-state index in [0.717, 1.165) is 28.1 Å². The van der Waals surface area contributed by atoms with Crippen LogP contribution in [0.15, 0.2) is 134 Å². The first-order valence-electron chi connectivity index (χ1n) is 13.7. The normalized spacial score (nSPS) is 11.2. The molecular weight excluding hydrogens is 484 g/mol. The van der Waals surface area contributed by atoms with Crippen LogP contribution < -0.4 is 0 Å². The van der Waals surface area contributed by atoms with Gasteiger partial charge in [-0.2, -0.15) is 0 Å². The van der Waals surface area contributed by atoms with Gasteiger partial charge in [0.05, 0.1) is 5.69 Å². The fourth-order valence-electron chi connectivity index (χ4n) is 5.80. The summed E-state index contributed by atoms with van der Waals surface area (Å²) in [6.45, 7) is 4.11. The quantitative estimate of drug-likeness (QED) is 0.219. The number of rotatable bonds is 4. The number of nitrogens with zero attached hydrogens (tertiary/aromatic N) is 2. The number of fused-ring (bicyclic) bond motifs is 2. The number of aryl methyl sites for hydroxylation is 2. The van der Waals surface area contributed by atoms with E-state index in [1.165, 1.54) is 49.4 Å². The molecule has 0 saturated heterocycles. The Labute approximate surface area is 234 Å². The molecule has 0 spiro atoms. The molecule has 0 aliphatic heterocycles. The maximum absolute atomic E-state index is 4.72. The molecular formula is C38H28N2. The molecule has 0 N–H and O–H groups in total. The molecule has 40 heavy (non-hydrogen) atoms. The average Bonchev–Trinajstić information content (AvgIpc) is 3.00. The van der Waals surface area contributed by atoms with Crippen LogP contribution in [0.4, 0.5) is 0 Å². The van der Waals surface area contributed by atoms with Crippen LogP contribution >= 0.6 is 0 Å². The Hall–Kier alpha value is -5.08. The van der Waals surface area contributed by atoms with E-state index < -0.39 is 0 Å². The smallest absolute Gasteiger partial charge is 0.0705 e. The van der Waals surface area contributed by atoms with Crippen LogP contribution in [-0.2, 0) is 0 Å². The molecule has 2 nitrogen and oxygen atoms in total. The predicted octanol–water partition coefficient (Wildman–Crippen LogP) is 10.1. The van der Waals surface area contributed by atoms with Gasteiger partial charge in [0.2, 0.25) is 0 Å². The van der Waals surface area contributed by atoms with Gasteiger partial charge in [0.1, 0.15) is 0 Å². The van der Waals surface area contributed by atoms with Gasteiger partial charge in [0, 0.05) is 29.2 Å². The molecule has 0 radical (unpaired) electrons. The van der Waals surface area contributed by atoms with Crippen molar-refractivity contribution in [2.45, 2.75) is 13.8 Å². The van der Waals surface area contributed by atoms with Crippen molar-refractivity contribution in [1.29, 1.82) is 0 Å². The Morgan fingerprint density at radius 3 is 1.43 bits per heavy atom. The van der Waals surface area contributed by atoms with E-state index in [-0.39, 0.29) is 0 Å². The van der Waals surface area contributed by atoms with Gasteiger partial charge >= 0.3 is 0 Å². The molecule has 7 rings (SSSR count). The van der Waals surface area contributed by atoms with E-state index in [1.54, 1.807) is 0 Å². The monoisotopic (exact) mass is 512 g/mol. The van der Waals surface area contributed by atoms with Gasteiger partial charge in [0.25, 0.3) is 0 Å². The Balaban J connectivity index is 1.40. The first-order chi connectivity index (χ1) is 19.7. The van der Waals surface area contributed by atoms with Crippen molar-refractivity contribution in [2.24, 2.45) is 0 Å². The van der Waals surface area contributed by atoms with E-state index in [1.807, 2.05) is 25.4 Å². The second kappa shape index (κ2) is 9.91. The molecule has 0 bridgehead atoms. The minimum atomic E-state index is 1.00. The Kier molecular flexibility index (Phi) is 5.94. The highest BCUT2D eigenvalue weighted by Gasteiger charge is 2.16. The topological polar surface area (TPSA) is 25.8 Å². The van der Waals surface area contributed by atoms with E-state index in [0.29, 0.717) is 0 Å². The lowest BCUT2D eigenvalue weighted by Crippen LogP contribution is -1.91. The summed E-state index contributed by atoms with van der Waals surface area (Å²) >= 11 is 0. The lowest BCUT2D eigenvalue weighted by molar-refractivity contribution is 1.21. The van der Waals surface area contributed by atoms with Crippen LogP contribution in [0.25, 0.3) is 66.2 Å². The third-order valence-corrected chi connectivity index (χ3v) is 7.67. The first-order valence-corrected chi connectivity index (χ1v) is 13.7. The summed E-state index contributed by atoms with van der Waals surface area (Å²) in [7, 11) is 0. The number of hydrogen-bond donors (Lipinski definition) is 0. The summed E-state index contributed by atoms with van der Waals surface area (Å²) in [5, 5.41) is 5.02. The summed E-state index contributed by atoms with van der Waals surface area (Å²) in [4.78, 5) is 9.10. The third kappa shape index (κ3) is 4.24. The Bertz CT molecular complexity index is 1800. The Morgan fingerprint density at radius 2 is 0.925 bits per heavy atom. The van der Waals surface area contributed by atoms with Crippen molar-refractivity contribution < 1.29 is 0 Å². The zero-order chi connectivity index (χ0) is 27.1. The fraction of sp³-hybridized carbons (Fsp3) is 0.0526. The van der Waals surface area contributed by atoms with Gasteiger partial charge in [-0.15, -0.1) is 0 Å². The molecule has 0 aliphatic carbocycles. The van der Waals surface area contributed by atoms with E-state index in [4.69, 9.17) is 4.98 Å². The van der Waals surface area contributed by atoms with E-state index in [2.05, 4.69) is 127 Å². The maximum Gasteiger partial charge on any atom is 0.0705 e. The molecule has 0 amide bonds. The van der Waals surface area contributed by atoms with Crippen molar-refractivity contribution in [3.05, 3.63) is 145 Å². The van der Waals surface area contributed by atoms with Crippen molar-refractivity contribution in [3.8, 4) is 44.6 Å². The average molecular weight is 513 g/mol. The van der Waals surface area contributed by atoms with Crippen LogP contribution in [0.3, 0.4) is 0 Å². The molecule has 0 fully saturated rings. The third-order valence-electron chi connectivity index (χ3n) is 7.67. The second-order valence-corrected chi connectivity index (χ2v) is 10.4. The second-order valence-electron chi connectivity index (χ2n) is 10.4. The van der Waals surface area contributed by atoms with Gasteiger partial charge in [-0.3, -0.25) is 9.97 Å². The molecule has 2 aromatic heterocycles. The molecule has 0 aliphatic rings. The van der Waals surface area contributed by atoms with Gasteiger partial charge in [-0.1, -0.05) is 103 Å². The standard InChI is InChI=1S/C38H28N2/c1-25-22-31(24-39-23-25)27-14-18-29(19-15-27)37-32-9-3-5-11-34(32)38(35-12-6-4-10-33(35)37)30-20-16-28(17-21-30)36-13-7-8-26(2)40-36/h3-24H,1-2H3. The first kappa shape index (κ1) is 24.0. The van der Waals surface area contributed by atoms with Gasteiger partial charge < -0.3 is 0 Å². The summed E-state index contributed by atoms with van der Waals surface area (Å²) in [5.74, 6) is 0. The number of aromatic nitrogens is 2. The van der Waals surface area contributed by atoms with Crippen molar-refractivity contribution in [1.82, 2.24) is 9.97 Å². The number of pyridine rings is 2. The summed E-state index contributed by atoms with van der Waals surface area (Å²) in [5.41, 5.74) is 11.6. The predicted molar refractivity (Wildman–Crippen MR) is 168 cm³/mol. The van der Waals surface area contributed by atoms with E-state index in [9.17, 15) is 0 Å². The van der Waals surface area contributed by atoms with Crippen LogP contribution in [-0.4, -0.2) is 9.97 Å². The van der Waals surface area contributed by atoms with Crippen LogP contribution in [0.5, 0.6) is 0 Å². The molecule has 2 heteroatoms. The zero-order valence-corrected chi connectivity index (χ0v) is 22.6. The minimum absolute atomic E-state index is 1.00. The lowest BCUT2D eigenvalue weighted by Gasteiger charge is -2.18. The highest BCUT2D eigenvalue weighted by Crippen LogP contribution is 2.44. The zero-order valence-electron chi connectivity index (χ0n) is 22.6.